The average molecular weight is 378 g/mol. The molecule has 0 aliphatic carbocycles. The maximum absolute atomic E-state index is 12.3. The van der Waals surface area contributed by atoms with Crippen LogP contribution in [0.2, 0.25) is 0 Å². The number of nitrogens with one attached hydrogen (secondary N) is 2. The first-order valence-electron chi connectivity index (χ1n) is 7.45. The number of aliphatic carboxylic acids is 1. The van der Waals surface area contributed by atoms with Gasteiger partial charge in [-0.2, -0.15) is 8.78 Å². The molecule has 1 aromatic rings. The van der Waals surface area contributed by atoms with Crippen LogP contribution in [0.5, 0.6) is 5.75 Å². The van der Waals surface area contributed by atoms with Gasteiger partial charge in [-0.3, -0.25) is 9.59 Å². The van der Waals surface area contributed by atoms with E-state index in [-0.39, 0.29) is 23.0 Å². The lowest BCUT2D eigenvalue weighted by Gasteiger charge is -2.16. The van der Waals surface area contributed by atoms with Crippen LogP contribution in [0.4, 0.5) is 8.78 Å². The average Bonchev–Trinajstić information content (AvgIpc) is 2.83. The number of alkyl halides is 2. The summed E-state index contributed by atoms with van der Waals surface area (Å²) >= 11 is 0.947. The molecule has 0 bridgehead atoms. The fraction of sp³-hybridized carbons (Fsp3) is 0.533. The van der Waals surface area contributed by atoms with Gasteiger partial charge in [0.05, 0.1) is 6.54 Å². The smallest absolute Gasteiger partial charge is 0.387 e. The molecule has 1 atom stereocenters. The van der Waals surface area contributed by atoms with Crippen molar-refractivity contribution in [1.82, 2.24) is 10.6 Å². The molecule has 1 rings (SSSR count). The second-order valence-corrected chi connectivity index (χ2v) is 6.96. The van der Waals surface area contributed by atoms with Gasteiger partial charge in [0.25, 0.3) is 5.91 Å². The van der Waals surface area contributed by atoms with Crippen LogP contribution in [0.15, 0.2) is 6.07 Å². The van der Waals surface area contributed by atoms with E-state index in [0.717, 1.165) is 11.3 Å². The topological polar surface area (TPSA) is 105 Å². The summed E-state index contributed by atoms with van der Waals surface area (Å²) in [6, 6.07) is 0.237. The fourth-order valence-corrected chi connectivity index (χ4v) is 2.87. The standard InChI is InChI=1S/C15H20F2N2O5S/c1-7(2)4-9(14(22)23)19-11(20)6-18-13(21)12-10(24-15(16)17)5-8(3)25-12/h5,7,9,15H,4,6H2,1-3H3,(H,18,21)(H,19,20)(H,22,23)/t9-/m0/s1. The lowest BCUT2D eigenvalue weighted by molar-refractivity contribution is -0.142. The van der Waals surface area contributed by atoms with Crippen molar-refractivity contribution in [2.75, 3.05) is 6.54 Å². The number of rotatable bonds is 9. The Morgan fingerprint density at radius 1 is 1.32 bits per heavy atom. The van der Waals surface area contributed by atoms with Gasteiger partial charge >= 0.3 is 12.6 Å². The van der Waals surface area contributed by atoms with Crippen molar-refractivity contribution in [2.45, 2.75) is 39.8 Å². The van der Waals surface area contributed by atoms with Crippen molar-refractivity contribution in [3.63, 3.8) is 0 Å². The Bertz CT molecular complexity index is 633. The quantitative estimate of drug-likeness (QED) is 0.610. The third-order valence-corrected chi connectivity index (χ3v) is 4.02. The molecule has 0 spiro atoms. The van der Waals surface area contributed by atoms with Crippen LogP contribution in [0, 0.1) is 12.8 Å². The monoisotopic (exact) mass is 378 g/mol. The molecule has 1 aromatic heterocycles. The number of aryl methyl sites for hydroxylation is 1. The van der Waals surface area contributed by atoms with Gasteiger partial charge in [-0.05, 0) is 25.3 Å². The normalized spacial score (nSPS) is 12.1. The van der Waals surface area contributed by atoms with E-state index in [2.05, 4.69) is 15.4 Å². The number of carboxylic acids is 1. The summed E-state index contributed by atoms with van der Waals surface area (Å²) in [5.74, 6) is -2.82. The Hall–Kier alpha value is -2.23. The van der Waals surface area contributed by atoms with Crippen molar-refractivity contribution in [2.24, 2.45) is 5.92 Å². The number of amides is 2. The molecule has 0 saturated carbocycles. The molecule has 0 fully saturated rings. The number of ether oxygens (including phenoxy) is 1. The second-order valence-electron chi connectivity index (χ2n) is 5.70. The first-order valence-corrected chi connectivity index (χ1v) is 8.27. The zero-order valence-corrected chi connectivity index (χ0v) is 14.8. The molecule has 1 heterocycles. The predicted molar refractivity (Wildman–Crippen MR) is 87.0 cm³/mol. The number of hydrogen-bond donors (Lipinski definition) is 3. The Kier molecular flexibility index (Phi) is 7.75. The summed E-state index contributed by atoms with van der Waals surface area (Å²) in [5, 5.41) is 13.6. The number of thiophene rings is 1. The summed E-state index contributed by atoms with van der Waals surface area (Å²) in [6.07, 6.45) is 0.242. The second kappa shape index (κ2) is 9.30. The molecule has 0 saturated heterocycles. The first kappa shape index (κ1) is 20.8. The molecule has 2 amide bonds. The van der Waals surface area contributed by atoms with Crippen LogP contribution in [-0.2, 0) is 9.59 Å². The first-order chi connectivity index (χ1) is 11.6. The molecule has 140 valence electrons. The van der Waals surface area contributed by atoms with Crippen LogP contribution < -0.4 is 15.4 Å². The van der Waals surface area contributed by atoms with Crippen molar-refractivity contribution >= 4 is 29.1 Å². The summed E-state index contributed by atoms with van der Waals surface area (Å²) in [6.45, 7) is 1.69. The van der Waals surface area contributed by atoms with E-state index in [0.29, 0.717) is 4.88 Å². The van der Waals surface area contributed by atoms with Crippen LogP contribution in [0.3, 0.4) is 0 Å². The van der Waals surface area contributed by atoms with Crippen molar-refractivity contribution in [3.8, 4) is 5.75 Å². The SMILES string of the molecule is Cc1cc(OC(F)F)c(C(=O)NCC(=O)N[C@@H](CC(C)C)C(=O)O)s1. The highest BCUT2D eigenvalue weighted by molar-refractivity contribution is 7.14. The molecule has 10 heteroatoms. The van der Waals surface area contributed by atoms with Gasteiger partial charge in [0.1, 0.15) is 16.7 Å². The summed E-state index contributed by atoms with van der Waals surface area (Å²) in [5.41, 5.74) is 0. The van der Waals surface area contributed by atoms with Crippen LogP contribution in [0.1, 0.15) is 34.8 Å². The van der Waals surface area contributed by atoms with Gasteiger partial charge in [0.15, 0.2) is 0 Å². The number of carboxylic acid groups (broad SMARTS) is 1. The van der Waals surface area contributed by atoms with E-state index < -0.39 is 37.0 Å². The summed E-state index contributed by atoms with van der Waals surface area (Å²) in [7, 11) is 0. The van der Waals surface area contributed by atoms with E-state index in [1.54, 1.807) is 6.92 Å². The molecular weight excluding hydrogens is 358 g/mol. The minimum atomic E-state index is -3.07. The van der Waals surface area contributed by atoms with Gasteiger partial charge in [-0.25, -0.2) is 4.79 Å². The molecule has 3 N–H and O–H groups in total. The van der Waals surface area contributed by atoms with E-state index in [1.807, 2.05) is 13.8 Å². The fourth-order valence-electron chi connectivity index (χ4n) is 2.01. The van der Waals surface area contributed by atoms with Gasteiger partial charge in [0, 0.05) is 4.88 Å². The van der Waals surface area contributed by atoms with Crippen molar-refractivity contribution in [1.29, 1.82) is 0 Å². The molecule has 7 nitrogen and oxygen atoms in total. The highest BCUT2D eigenvalue weighted by Gasteiger charge is 2.23. The molecule has 25 heavy (non-hydrogen) atoms. The van der Waals surface area contributed by atoms with Gasteiger partial charge < -0.3 is 20.5 Å². The van der Waals surface area contributed by atoms with E-state index in [4.69, 9.17) is 5.11 Å². The number of carbonyl (C=O) groups is 3. The van der Waals surface area contributed by atoms with Crippen molar-refractivity contribution < 1.29 is 33.0 Å². The minimum Gasteiger partial charge on any atom is -0.480 e. The van der Waals surface area contributed by atoms with Crippen LogP contribution in [-0.4, -0.2) is 42.1 Å². The maximum atomic E-state index is 12.3. The summed E-state index contributed by atoms with van der Waals surface area (Å²) in [4.78, 5) is 35.4. The predicted octanol–water partition coefficient (Wildman–Crippen LogP) is 2.00. The zero-order valence-electron chi connectivity index (χ0n) is 14.0. The molecule has 0 unspecified atom stereocenters. The lowest BCUT2D eigenvalue weighted by atomic mass is 10.0. The molecular formula is C15H20F2N2O5S. The zero-order chi connectivity index (χ0) is 19.1. The van der Waals surface area contributed by atoms with E-state index in [1.165, 1.54) is 6.07 Å². The van der Waals surface area contributed by atoms with Gasteiger partial charge in [-0.15, -0.1) is 11.3 Å². The number of hydrogen-bond acceptors (Lipinski definition) is 5. The Balaban J connectivity index is 2.64. The Labute approximate surface area is 147 Å². The largest absolute Gasteiger partial charge is 0.480 e. The lowest BCUT2D eigenvalue weighted by Crippen LogP contribution is -2.46. The van der Waals surface area contributed by atoms with Crippen LogP contribution in [0.25, 0.3) is 0 Å². The maximum Gasteiger partial charge on any atom is 0.387 e. The van der Waals surface area contributed by atoms with E-state index >= 15 is 0 Å². The number of carbonyl (C=O) groups excluding carboxylic acids is 2. The molecule has 0 aromatic carbocycles. The summed E-state index contributed by atoms with van der Waals surface area (Å²) < 4.78 is 29.0. The highest BCUT2D eigenvalue weighted by Crippen LogP contribution is 2.30. The Morgan fingerprint density at radius 3 is 2.48 bits per heavy atom. The van der Waals surface area contributed by atoms with Crippen LogP contribution >= 0.6 is 11.3 Å². The number of halogens is 2. The Morgan fingerprint density at radius 2 is 1.96 bits per heavy atom. The molecule has 0 aliphatic rings. The minimum absolute atomic E-state index is 0.0548. The third-order valence-electron chi connectivity index (χ3n) is 2.99. The van der Waals surface area contributed by atoms with E-state index in [9.17, 15) is 23.2 Å². The molecule has 0 radical (unpaired) electrons. The highest BCUT2D eigenvalue weighted by atomic mass is 32.1. The van der Waals surface area contributed by atoms with Gasteiger partial charge in [-0.1, -0.05) is 13.8 Å². The van der Waals surface area contributed by atoms with Crippen molar-refractivity contribution in [3.05, 3.63) is 15.8 Å². The molecule has 0 aliphatic heterocycles. The van der Waals surface area contributed by atoms with Gasteiger partial charge in [0.2, 0.25) is 5.91 Å². The third kappa shape index (κ3) is 7.04.